The normalized spacial score (nSPS) is 21.3. The van der Waals surface area contributed by atoms with Crippen LogP contribution in [-0.4, -0.2) is 42.3 Å². The molecule has 0 aliphatic carbocycles. The number of likely N-dealkylation sites (tertiary alicyclic amines) is 1. The maximum absolute atomic E-state index is 13.6. The highest BCUT2D eigenvalue weighted by molar-refractivity contribution is 5.74. The van der Waals surface area contributed by atoms with Crippen LogP contribution in [-0.2, 0) is 9.53 Å². The minimum Gasteiger partial charge on any atom is -0.508 e. The van der Waals surface area contributed by atoms with E-state index in [0.717, 1.165) is 24.9 Å². The van der Waals surface area contributed by atoms with E-state index < -0.39 is 12.1 Å². The number of phenols is 1. The first-order chi connectivity index (χ1) is 9.11. The molecule has 19 heavy (non-hydrogen) atoms. The number of hydrogen-bond acceptors (Lipinski definition) is 4. The first kappa shape index (κ1) is 13.8. The van der Waals surface area contributed by atoms with Gasteiger partial charge in [-0.3, -0.25) is 4.90 Å². The Labute approximate surface area is 111 Å². The van der Waals surface area contributed by atoms with Crippen LogP contribution < -0.4 is 0 Å². The maximum Gasteiger partial charge on any atom is 0.341 e. The molecule has 0 radical (unpaired) electrons. The number of methoxy groups -OCH3 is 1. The molecular formula is C14H18FNO3. The highest BCUT2D eigenvalue weighted by Crippen LogP contribution is 2.32. The standard InChI is InChI=1S/C14H18FNO3/c1-19-14(18)12(15)9-16-8-2-3-13(16)10-4-6-11(17)7-5-10/h4-7,12-13,17H,2-3,8-9H2,1H3/t12-,13+/m1/s1. The number of hydrogen-bond donors (Lipinski definition) is 1. The Bertz CT molecular complexity index is 435. The monoisotopic (exact) mass is 267 g/mol. The van der Waals surface area contributed by atoms with E-state index in [1.807, 2.05) is 17.0 Å². The predicted octanol–water partition coefficient (Wildman–Crippen LogP) is 2.04. The molecular weight excluding hydrogens is 249 g/mol. The lowest BCUT2D eigenvalue weighted by atomic mass is 10.0. The molecule has 1 aromatic carbocycles. The van der Waals surface area contributed by atoms with Gasteiger partial charge in [0.1, 0.15) is 5.75 Å². The van der Waals surface area contributed by atoms with Crippen LogP contribution in [0.25, 0.3) is 0 Å². The highest BCUT2D eigenvalue weighted by Gasteiger charge is 2.30. The Morgan fingerprint density at radius 3 is 2.84 bits per heavy atom. The van der Waals surface area contributed by atoms with Crippen molar-refractivity contribution >= 4 is 5.97 Å². The number of nitrogens with zero attached hydrogens (tertiary/aromatic N) is 1. The minimum absolute atomic E-state index is 0.0538. The summed E-state index contributed by atoms with van der Waals surface area (Å²) < 4.78 is 18.1. The third-order valence-corrected chi connectivity index (χ3v) is 3.49. The number of carbonyl (C=O) groups excluding carboxylic acids is 1. The van der Waals surface area contributed by atoms with Crippen molar-refractivity contribution in [3.63, 3.8) is 0 Å². The van der Waals surface area contributed by atoms with Gasteiger partial charge in [-0.25, -0.2) is 9.18 Å². The third kappa shape index (κ3) is 3.23. The molecule has 1 saturated heterocycles. The van der Waals surface area contributed by atoms with Crippen molar-refractivity contribution in [3.05, 3.63) is 29.8 Å². The lowest BCUT2D eigenvalue weighted by Gasteiger charge is -2.25. The highest BCUT2D eigenvalue weighted by atomic mass is 19.1. The van der Waals surface area contributed by atoms with Gasteiger partial charge in [0, 0.05) is 12.6 Å². The molecule has 2 rings (SSSR count). The molecule has 0 aromatic heterocycles. The smallest absolute Gasteiger partial charge is 0.341 e. The Balaban J connectivity index is 2.04. The molecule has 5 heteroatoms. The molecule has 0 amide bonds. The van der Waals surface area contributed by atoms with Gasteiger partial charge in [0.15, 0.2) is 0 Å². The summed E-state index contributed by atoms with van der Waals surface area (Å²) in [4.78, 5) is 13.1. The van der Waals surface area contributed by atoms with Crippen LogP contribution in [0.3, 0.4) is 0 Å². The molecule has 104 valence electrons. The molecule has 4 nitrogen and oxygen atoms in total. The van der Waals surface area contributed by atoms with Crippen molar-refractivity contribution in [2.75, 3.05) is 20.2 Å². The lowest BCUT2D eigenvalue weighted by Crippen LogP contribution is -2.34. The summed E-state index contributed by atoms with van der Waals surface area (Å²) in [5, 5.41) is 9.28. The van der Waals surface area contributed by atoms with Gasteiger partial charge in [-0.15, -0.1) is 0 Å². The lowest BCUT2D eigenvalue weighted by molar-refractivity contribution is -0.147. The second kappa shape index (κ2) is 6.02. The van der Waals surface area contributed by atoms with E-state index >= 15 is 0 Å². The van der Waals surface area contributed by atoms with Gasteiger partial charge < -0.3 is 9.84 Å². The van der Waals surface area contributed by atoms with E-state index in [1.165, 1.54) is 7.11 Å². The van der Waals surface area contributed by atoms with Crippen molar-refractivity contribution in [2.45, 2.75) is 25.1 Å². The molecule has 0 bridgehead atoms. The summed E-state index contributed by atoms with van der Waals surface area (Å²) >= 11 is 0. The Morgan fingerprint density at radius 2 is 2.21 bits per heavy atom. The fraction of sp³-hybridized carbons (Fsp3) is 0.500. The zero-order valence-corrected chi connectivity index (χ0v) is 10.9. The fourth-order valence-corrected chi connectivity index (χ4v) is 2.53. The summed E-state index contributed by atoms with van der Waals surface area (Å²) in [5.41, 5.74) is 1.03. The topological polar surface area (TPSA) is 49.8 Å². The zero-order valence-electron chi connectivity index (χ0n) is 10.9. The van der Waals surface area contributed by atoms with Crippen LogP contribution in [0.2, 0.25) is 0 Å². The number of alkyl halides is 1. The van der Waals surface area contributed by atoms with E-state index in [1.54, 1.807) is 12.1 Å². The van der Waals surface area contributed by atoms with Crippen LogP contribution in [0.15, 0.2) is 24.3 Å². The first-order valence-electron chi connectivity index (χ1n) is 6.36. The van der Waals surface area contributed by atoms with Crippen molar-refractivity contribution in [1.82, 2.24) is 4.90 Å². The number of aromatic hydroxyl groups is 1. The quantitative estimate of drug-likeness (QED) is 0.848. The van der Waals surface area contributed by atoms with Gasteiger partial charge in [0.25, 0.3) is 0 Å². The second-order valence-electron chi connectivity index (χ2n) is 4.74. The molecule has 1 fully saturated rings. The Morgan fingerprint density at radius 1 is 1.53 bits per heavy atom. The average molecular weight is 267 g/mol. The molecule has 1 N–H and O–H groups in total. The number of benzene rings is 1. The number of esters is 1. The molecule has 0 saturated carbocycles. The number of carbonyl (C=O) groups is 1. The van der Waals surface area contributed by atoms with E-state index in [0.29, 0.717) is 0 Å². The Kier molecular flexibility index (Phi) is 4.37. The number of halogens is 1. The molecule has 0 spiro atoms. The van der Waals surface area contributed by atoms with Gasteiger partial charge >= 0.3 is 5.97 Å². The number of rotatable bonds is 4. The van der Waals surface area contributed by atoms with E-state index in [-0.39, 0.29) is 18.3 Å². The summed E-state index contributed by atoms with van der Waals surface area (Å²) in [7, 11) is 1.19. The van der Waals surface area contributed by atoms with Gasteiger partial charge in [-0.1, -0.05) is 12.1 Å². The van der Waals surface area contributed by atoms with Crippen molar-refractivity contribution in [3.8, 4) is 5.75 Å². The molecule has 1 heterocycles. The van der Waals surface area contributed by atoms with E-state index in [9.17, 15) is 14.3 Å². The van der Waals surface area contributed by atoms with Crippen molar-refractivity contribution in [1.29, 1.82) is 0 Å². The predicted molar refractivity (Wildman–Crippen MR) is 68.6 cm³/mol. The Hall–Kier alpha value is -1.62. The summed E-state index contributed by atoms with van der Waals surface area (Å²) in [6, 6.07) is 7.02. The van der Waals surface area contributed by atoms with Gasteiger partial charge in [-0.05, 0) is 37.1 Å². The van der Waals surface area contributed by atoms with Crippen LogP contribution >= 0.6 is 0 Å². The molecule has 1 aliphatic heterocycles. The fourth-order valence-electron chi connectivity index (χ4n) is 2.53. The van der Waals surface area contributed by atoms with Gasteiger partial charge in [-0.2, -0.15) is 0 Å². The largest absolute Gasteiger partial charge is 0.508 e. The average Bonchev–Trinajstić information content (AvgIpc) is 2.86. The first-order valence-corrected chi connectivity index (χ1v) is 6.36. The van der Waals surface area contributed by atoms with Crippen molar-refractivity contribution < 1.29 is 19.0 Å². The van der Waals surface area contributed by atoms with Crippen molar-refractivity contribution in [2.24, 2.45) is 0 Å². The summed E-state index contributed by atoms with van der Waals surface area (Å²) in [6.45, 7) is 0.821. The summed E-state index contributed by atoms with van der Waals surface area (Å²) in [5.74, 6) is -0.609. The SMILES string of the molecule is COC(=O)[C@H](F)CN1CCC[C@H]1c1ccc(O)cc1. The minimum atomic E-state index is -1.61. The third-order valence-electron chi connectivity index (χ3n) is 3.49. The number of ether oxygens (including phenoxy) is 1. The molecule has 2 atom stereocenters. The molecule has 1 aromatic rings. The maximum atomic E-state index is 13.6. The van der Waals surface area contributed by atoms with Gasteiger partial charge in [0.2, 0.25) is 6.17 Å². The van der Waals surface area contributed by atoms with Gasteiger partial charge in [0.05, 0.1) is 7.11 Å². The number of phenolic OH excluding ortho intramolecular Hbond substituents is 1. The van der Waals surface area contributed by atoms with E-state index in [4.69, 9.17) is 0 Å². The van der Waals surface area contributed by atoms with E-state index in [2.05, 4.69) is 4.74 Å². The molecule has 1 aliphatic rings. The second-order valence-corrected chi connectivity index (χ2v) is 4.74. The van der Waals surface area contributed by atoms with Crippen LogP contribution in [0, 0.1) is 0 Å². The van der Waals surface area contributed by atoms with Crippen LogP contribution in [0.5, 0.6) is 5.75 Å². The van der Waals surface area contributed by atoms with Crippen LogP contribution in [0.1, 0.15) is 24.4 Å². The van der Waals surface area contributed by atoms with Crippen LogP contribution in [0.4, 0.5) is 4.39 Å². The summed E-state index contributed by atoms with van der Waals surface area (Å²) in [6.07, 6.45) is 0.292. The zero-order chi connectivity index (χ0) is 13.8. The molecule has 0 unspecified atom stereocenters.